The van der Waals surface area contributed by atoms with Crippen molar-refractivity contribution in [2.24, 2.45) is 0 Å². The van der Waals surface area contributed by atoms with Crippen LogP contribution in [0.2, 0.25) is 0 Å². The van der Waals surface area contributed by atoms with Crippen LogP contribution in [-0.2, 0) is 0 Å². The zero-order valence-corrected chi connectivity index (χ0v) is 11.0. The van der Waals surface area contributed by atoms with E-state index in [-0.39, 0.29) is 0 Å². The number of ether oxygens (including phenoxy) is 1. The maximum Gasteiger partial charge on any atom is 0.195 e. The second-order valence-corrected chi connectivity index (χ2v) is 4.77. The number of rotatable bonds is 4. The average Bonchev–Trinajstić information content (AvgIpc) is 3.14. The van der Waals surface area contributed by atoms with E-state index in [0.29, 0.717) is 17.4 Å². The third-order valence-corrected chi connectivity index (χ3v) is 3.33. The molecule has 1 aliphatic carbocycles. The van der Waals surface area contributed by atoms with Crippen LogP contribution in [-0.4, -0.2) is 21.4 Å². The molecule has 1 aromatic carbocycles. The zero-order valence-electron chi connectivity index (χ0n) is 10.2. The van der Waals surface area contributed by atoms with E-state index in [1.807, 2.05) is 31.2 Å². The van der Waals surface area contributed by atoms with Gasteiger partial charge in [0.25, 0.3) is 0 Å². The molecule has 1 heterocycles. The summed E-state index contributed by atoms with van der Waals surface area (Å²) in [5.74, 6) is 1.74. The minimum absolute atomic E-state index is 0.501. The molecule has 1 N–H and O–H groups in total. The van der Waals surface area contributed by atoms with Crippen LogP contribution >= 0.6 is 12.2 Å². The maximum absolute atomic E-state index is 5.65. The topological polar surface area (TPSA) is 42.8 Å². The Hall–Kier alpha value is -1.62. The van der Waals surface area contributed by atoms with Crippen molar-refractivity contribution in [3.63, 3.8) is 0 Å². The van der Waals surface area contributed by atoms with Crippen LogP contribution in [0.3, 0.4) is 0 Å². The first-order valence-corrected chi connectivity index (χ1v) is 6.61. The average molecular weight is 261 g/mol. The largest absolute Gasteiger partial charge is 0.493 e. The van der Waals surface area contributed by atoms with E-state index in [2.05, 4.69) is 14.8 Å². The van der Waals surface area contributed by atoms with Crippen molar-refractivity contribution in [1.29, 1.82) is 0 Å². The molecule has 0 bridgehead atoms. The molecule has 94 valence electrons. The van der Waals surface area contributed by atoms with Gasteiger partial charge < -0.3 is 4.74 Å². The Bertz CT molecular complexity index is 613. The van der Waals surface area contributed by atoms with Crippen LogP contribution in [0.1, 0.15) is 25.8 Å². The molecule has 0 aliphatic heterocycles. The summed E-state index contributed by atoms with van der Waals surface area (Å²) in [6, 6.07) is 8.45. The van der Waals surface area contributed by atoms with Crippen LogP contribution in [0.25, 0.3) is 11.4 Å². The van der Waals surface area contributed by atoms with E-state index >= 15 is 0 Å². The smallest absolute Gasteiger partial charge is 0.195 e. The second-order valence-electron chi connectivity index (χ2n) is 4.38. The van der Waals surface area contributed by atoms with Crippen molar-refractivity contribution >= 4 is 12.2 Å². The minimum Gasteiger partial charge on any atom is -0.493 e. The predicted molar refractivity (Wildman–Crippen MR) is 72.3 cm³/mol. The highest BCUT2D eigenvalue weighted by atomic mass is 32.1. The van der Waals surface area contributed by atoms with Crippen molar-refractivity contribution in [1.82, 2.24) is 14.8 Å². The fourth-order valence-electron chi connectivity index (χ4n) is 2.10. The lowest BCUT2D eigenvalue weighted by molar-refractivity contribution is 0.341. The van der Waals surface area contributed by atoms with Gasteiger partial charge in [-0.3, -0.25) is 9.67 Å². The molecule has 0 atom stereocenters. The van der Waals surface area contributed by atoms with E-state index in [9.17, 15) is 0 Å². The lowest BCUT2D eigenvalue weighted by Crippen LogP contribution is -2.00. The Morgan fingerprint density at radius 1 is 1.44 bits per heavy atom. The number of nitrogens with one attached hydrogen (secondary N) is 1. The molecule has 0 unspecified atom stereocenters. The van der Waals surface area contributed by atoms with Gasteiger partial charge in [-0.25, -0.2) is 0 Å². The summed E-state index contributed by atoms with van der Waals surface area (Å²) < 4.78 is 8.45. The molecule has 18 heavy (non-hydrogen) atoms. The van der Waals surface area contributed by atoms with Gasteiger partial charge in [-0.15, -0.1) is 0 Å². The van der Waals surface area contributed by atoms with Gasteiger partial charge in [0, 0.05) is 6.04 Å². The van der Waals surface area contributed by atoms with Crippen LogP contribution in [0.4, 0.5) is 0 Å². The van der Waals surface area contributed by atoms with Crippen molar-refractivity contribution in [2.75, 3.05) is 6.61 Å². The first kappa shape index (κ1) is 11.5. The van der Waals surface area contributed by atoms with E-state index in [1.165, 1.54) is 12.8 Å². The van der Waals surface area contributed by atoms with E-state index in [1.54, 1.807) is 0 Å². The molecule has 3 rings (SSSR count). The second kappa shape index (κ2) is 4.57. The summed E-state index contributed by atoms with van der Waals surface area (Å²) in [7, 11) is 0. The van der Waals surface area contributed by atoms with Gasteiger partial charge in [0.2, 0.25) is 0 Å². The predicted octanol–water partition coefficient (Wildman–Crippen LogP) is 3.34. The fourth-order valence-corrected chi connectivity index (χ4v) is 2.38. The highest BCUT2D eigenvalue weighted by molar-refractivity contribution is 7.71. The summed E-state index contributed by atoms with van der Waals surface area (Å²) in [5.41, 5.74) is 0.999. The third kappa shape index (κ3) is 1.95. The maximum atomic E-state index is 5.65. The van der Waals surface area contributed by atoms with E-state index in [4.69, 9.17) is 17.0 Å². The molecule has 0 radical (unpaired) electrons. The Labute approximate surface area is 111 Å². The molecular weight excluding hydrogens is 246 g/mol. The summed E-state index contributed by atoms with van der Waals surface area (Å²) in [6.45, 7) is 2.63. The van der Waals surface area contributed by atoms with Gasteiger partial charge in [-0.2, -0.15) is 5.10 Å². The number of para-hydroxylation sites is 1. The molecule has 4 nitrogen and oxygen atoms in total. The number of aromatic nitrogens is 3. The molecule has 1 fully saturated rings. The first-order chi connectivity index (χ1) is 8.81. The number of aromatic amines is 1. The Balaban J connectivity index is 2.12. The first-order valence-electron chi connectivity index (χ1n) is 6.20. The molecule has 5 heteroatoms. The number of benzene rings is 1. The van der Waals surface area contributed by atoms with Crippen molar-refractivity contribution < 1.29 is 4.74 Å². The molecule has 1 saturated carbocycles. The van der Waals surface area contributed by atoms with Gasteiger partial charge in [0.15, 0.2) is 10.6 Å². The fraction of sp³-hybridized carbons (Fsp3) is 0.385. The van der Waals surface area contributed by atoms with Crippen LogP contribution < -0.4 is 4.74 Å². The lowest BCUT2D eigenvalue weighted by atomic mass is 10.2. The third-order valence-electron chi connectivity index (χ3n) is 3.04. The molecular formula is C13H15N3OS. The molecule has 0 saturated heterocycles. The van der Waals surface area contributed by atoms with Crippen molar-refractivity contribution in [3.8, 4) is 17.1 Å². The highest BCUT2D eigenvalue weighted by Crippen LogP contribution is 2.39. The highest BCUT2D eigenvalue weighted by Gasteiger charge is 2.28. The molecule has 0 amide bonds. The van der Waals surface area contributed by atoms with Crippen molar-refractivity contribution in [3.05, 3.63) is 29.0 Å². The lowest BCUT2D eigenvalue weighted by Gasteiger charge is -2.10. The number of H-pyrrole nitrogens is 1. The molecule has 0 spiro atoms. The summed E-state index contributed by atoms with van der Waals surface area (Å²) in [4.78, 5) is 0. The number of hydrogen-bond donors (Lipinski definition) is 1. The monoisotopic (exact) mass is 261 g/mol. The summed E-state index contributed by atoms with van der Waals surface area (Å²) in [6.07, 6.45) is 2.36. The van der Waals surface area contributed by atoms with Gasteiger partial charge in [-0.05, 0) is 44.1 Å². The normalized spacial score (nSPS) is 14.7. The Kier molecular flexibility index (Phi) is 2.91. The van der Waals surface area contributed by atoms with Gasteiger partial charge >= 0.3 is 0 Å². The standard InChI is InChI=1S/C13H15N3OS/c1-2-17-11-6-4-3-5-10(11)12-14-15-13(18)16(12)9-7-8-9/h3-6,9H,2,7-8H2,1H3,(H,15,18). The quantitative estimate of drug-likeness (QED) is 0.858. The minimum atomic E-state index is 0.501. The van der Waals surface area contributed by atoms with Crippen LogP contribution in [0.5, 0.6) is 5.75 Å². The van der Waals surface area contributed by atoms with E-state index < -0.39 is 0 Å². The molecule has 1 aromatic heterocycles. The SMILES string of the molecule is CCOc1ccccc1-c1n[nH]c(=S)n1C1CC1. The number of nitrogens with zero attached hydrogens (tertiary/aromatic N) is 2. The zero-order chi connectivity index (χ0) is 12.5. The Morgan fingerprint density at radius 3 is 2.94 bits per heavy atom. The van der Waals surface area contributed by atoms with Crippen LogP contribution in [0.15, 0.2) is 24.3 Å². The van der Waals surface area contributed by atoms with E-state index in [0.717, 1.165) is 17.1 Å². The summed E-state index contributed by atoms with van der Waals surface area (Å²) in [5, 5.41) is 7.24. The summed E-state index contributed by atoms with van der Waals surface area (Å²) >= 11 is 5.30. The van der Waals surface area contributed by atoms with Gasteiger partial charge in [0.05, 0.1) is 12.2 Å². The molecule has 1 aliphatic rings. The van der Waals surface area contributed by atoms with Crippen LogP contribution in [0, 0.1) is 4.77 Å². The van der Waals surface area contributed by atoms with Gasteiger partial charge in [0.1, 0.15) is 5.75 Å². The number of hydrogen-bond acceptors (Lipinski definition) is 3. The molecule has 2 aromatic rings. The Morgan fingerprint density at radius 2 is 2.22 bits per heavy atom. The van der Waals surface area contributed by atoms with Crippen molar-refractivity contribution in [2.45, 2.75) is 25.8 Å². The van der Waals surface area contributed by atoms with Gasteiger partial charge in [-0.1, -0.05) is 12.1 Å².